The Morgan fingerprint density at radius 1 is 1.29 bits per heavy atom. The van der Waals surface area contributed by atoms with E-state index in [0.717, 1.165) is 5.56 Å². The second-order valence-corrected chi connectivity index (χ2v) is 6.01. The van der Waals surface area contributed by atoms with Gasteiger partial charge in [-0.15, -0.1) is 0 Å². The van der Waals surface area contributed by atoms with Gasteiger partial charge in [0, 0.05) is 6.54 Å². The number of rotatable bonds is 7. The van der Waals surface area contributed by atoms with Crippen molar-refractivity contribution in [2.24, 2.45) is 0 Å². The molecule has 0 aromatic heterocycles. The number of aliphatic hydroxyl groups is 1. The smallest absolute Gasteiger partial charge is 0.211 e. The standard InChI is InChI=1S/C12H19NO3S/c1-11(14)7-9-13-17(15,16)10-8-12-5-3-2-4-6-12/h2-6,11,13-14H,7-10H2,1H3. The van der Waals surface area contributed by atoms with Crippen LogP contribution in [0.2, 0.25) is 0 Å². The van der Waals surface area contributed by atoms with E-state index in [1.54, 1.807) is 6.92 Å². The van der Waals surface area contributed by atoms with Crippen LogP contribution in [-0.2, 0) is 16.4 Å². The average molecular weight is 257 g/mol. The van der Waals surface area contributed by atoms with Crippen molar-refractivity contribution in [1.29, 1.82) is 0 Å². The predicted octanol–water partition coefficient (Wildman–Crippen LogP) is 0.919. The van der Waals surface area contributed by atoms with Gasteiger partial charge in [-0.25, -0.2) is 13.1 Å². The molecule has 0 spiro atoms. The summed E-state index contributed by atoms with van der Waals surface area (Å²) in [4.78, 5) is 0. The Morgan fingerprint density at radius 2 is 1.94 bits per heavy atom. The van der Waals surface area contributed by atoms with Crippen LogP contribution in [0.5, 0.6) is 0 Å². The maximum absolute atomic E-state index is 11.6. The van der Waals surface area contributed by atoms with E-state index in [9.17, 15) is 8.42 Å². The number of aryl methyl sites for hydroxylation is 1. The van der Waals surface area contributed by atoms with E-state index in [2.05, 4.69) is 4.72 Å². The summed E-state index contributed by atoms with van der Waals surface area (Å²) < 4.78 is 25.7. The molecule has 0 saturated carbocycles. The molecule has 1 aromatic rings. The molecule has 0 saturated heterocycles. The highest BCUT2D eigenvalue weighted by Crippen LogP contribution is 2.01. The summed E-state index contributed by atoms with van der Waals surface area (Å²) in [7, 11) is -3.24. The molecule has 0 bridgehead atoms. The van der Waals surface area contributed by atoms with Gasteiger partial charge < -0.3 is 5.11 Å². The van der Waals surface area contributed by atoms with E-state index < -0.39 is 16.1 Å². The van der Waals surface area contributed by atoms with Crippen molar-refractivity contribution in [3.05, 3.63) is 35.9 Å². The molecule has 17 heavy (non-hydrogen) atoms. The molecule has 0 amide bonds. The van der Waals surface area contributed by atoms with E-state index in [-0.39, 0.29) is 12.3 Å². The normalized spacial score (nSPS) is 13.5. The lowest BCUT2D eigenvalue weighted by molar-refractivity contribution is 0.186. The Labute approximate surface area is 103 Å². The van der Waals surface area contributed by atoms with E-state index in [1.165, 1.54) is 0 Å². The van der Waals surface area contributed by atoms with Crippen LogP contribution in [0.4, 0.5) is 0 Å². The lowest BCUT2D eigenvalue weighted by Gasteiger charge is -2.07. The van der Waals surface area contributed by atoms with E-state index in [4.69, 9.17) is 5.11 Å². The van der Waals surface area contributed by atoms with Crippen LogP contribution in [0.3, 0.4) is 0 Å². The van der Waals surface area contributed by atoms with Crippen molar-refractivity contribution in [2.45, 2.75) is 25.9 Å². The lowest BCUT2D eigenvalue weighted by atomic mass is 10.2. The average Bonchev–Trinajstić information content (AvgIpc) is 2.27. The first-order valence-electron chi connectivity index (χ1n) is 5.69. The van der Waals surface area contributed by atoms with E-state index in [0.29, 0.717) is 12.8 Å². The van der Waals surface area contributed by atoms with Gasteiger partial charge in [0.05, 0.1) is 11.9 Å². The predicted molar refractivity (Wildman–Crippen MR) is 68.2 cm³/mol. The molecule has 96 valence electrons. The Bertz CT molecular complexity index is 415. The molecule has 2 N–H and O–H groups in total. The summed E-state index contributed by atoms with van der Waals surface area (Å²) in [5.74, 6) is 0.0802. The van der Waals surface area contributed by atoms with Crippen molar-refractivity contribution in [1.82, 2.24) is 4.72 Å². The maximum Gasteiger partial charge on any atom is 0.211 e. The molecular weight excluding hydrogens is 238 g/mol. The Hall–Kier alpha value is -0.910. The third kappa shape index (κ3) is 6.41. The van der Waals surface area contributed by atoms with Crippen LogP contribution < -0.4 is 4.72 Å². The van der Waals surface area contributed by atoms with Gasteiger partial charge in [0.1, 0.15) is 0 Å². The molecule has 0 aliphatic rings. The number of sulfonamides is 1. The zero-order chi connectivity index (χ0) is 12.7. The molecule has 1 aromatic carbocycles. The van der Waals surface area contributed by atoms with Crippen molar-refractivity contribution < 1.29 is 13.5 Å². The largest absolute Gasteiger partial charge is 0.393 e. The fourth-order valence-corrected chi connectivity index (χ4v) is 2.47. The van der Waals surface area contributed by atoms with Gasteiger partial charge in [-0.3, -0.25) is 0 Å². The van der Waals surface area contributed by atoms with Gasteiger partial charge in [0.15, 0.2) is 0 Å². The van der Waals surface area contributed by atoms with Crippen LogP contribution in [-0.4, -0.2) is 31.9 Å². The van der Waals surface area contributed by atoms with Gasteiger partial charge in [-0.2, -0.15) is 0 Å². The van der Waals surface area contributed by atoms with Crippen molar-refractivity contribution >= 4 is 10.0 Å². The highest BCUT2D eigenvalue weighted by molar-refractivity contribution is 7.89. The van der Waals surface area contributed by atoms with Crippen LogP contribution in [0, 0.1) is 0 Å². The summed E-state index contributed by atoms with van der Waals surface area (Å²) in [5.41, 5.74) is 1.01. The van der Waals surface area contributed by atoms with Crippen LogP contribution in [0.1, 0.15) is 18.9 Å². The SMILES string of the molecule is CC(O)CCNS(=O)(=O)CCc1ccccc1. The number of nitrogens with one attached hydrogen (secondary N) is 1. The molecule has 4 nitrogen and oxygen atoms in total. The van der Waals surface area contributed by atoms with E-state index >= 15 is 0 Å². The van der Waals surface area contributed by atoms with Gasteiger partial charge in [-0.05, 0) is 25.3 Å². The first-order chi connectivity index (χ1) is 7.99. The van der Waals surface area contributed by atoms with Gasteiger partial charge in [0.25, 0.3) is 0 Å². The second-order valence-electron chi connectivity index (χ2n) is 4.09. The summed E-state index contributed by atoms with van der Waals surface area (Å²) in [5, 5.41) is 9.02. The van der Waals surface area contributed by atoms with Crippen LogP contribution in [0.25, 0.3) is 0 Å². The lowest BCUT2D eigenvalue weighted by Crippen LogP contribution is -2.29. The molecule has 0 fully saturated rings. The first kappa shape index (κ1) is 14.2. The Balaban J connectivity index is 2.35. The summed E-state index contributed by atoms with van der Waals surface area (Å²) >= 11 is 0. The van der Waals surface area contributed by atoms with Gasteiger partial charge >= 0.3 is 0 Å². The molecule has 0 aliphatic carbocycles. The zero-order valence-electron chi connectivity index (χ0n) is 9.96. The number of hydrogen-bond acceptors (Lipinski definition) is 3. The van der Waals surface area contributed by atoms with Gasteiger partial charge in [0.2, 0.25) is 10.0 Å². The summed E-state index contributed by atoms with van der Waals surface area (Å²) in [6.45, 7) is 1.92. The number of benzene rings is 1. The molecule has 0 aliphatic heterocycles. The molecule has 1 unspecified atom stereocenters. The Kier molecular flexibility index (Phi) is 5.61. The molecule has 0 heterocycles. The van der Waals surface area contributed by atoms with Crippen LogP contribution in [0.15, 0.2) is 30.3 Å². The second kappa shape index (κ2) is 6.74. The highest BCUT2D eigenvalue weighted by Gasteiger charge is 2.10. The molecule has 1 atom stereocenters. The fraction of sp³-hybridized carbons (Fsp3) is 0.500. The van der Waals surface area contributed by atoms with Crippen molar-refractivity contribution in [3.63, 3.8) is 0 Å². The zero-order valence-corrected chi connectivity index (χ0v) is 10.8. The molecule has 1 rings (SSSR count). The number of hydrogen-bond donors (Lipinski definition) is 2. The van der Waals surface area contributed by atoms with E-state index in [1.807, 2.05) is 30.3 Å². The Morgan fingerprint density at radius 3 is 2.53 bits per heavy atom. The first-order valence-corrected chi connectivity index (χ1v) is 7.34. The molecule has 5 heteroatoms. The summed E-state index contributed by atoms with van der Waals surface area (Å²) in [6.07, 6.45) is 0.460. The topological polar surface area (TPSA) is 66.4 Å². The quantitative estimate of drug-likeness (QED) is 0.763. The maximum atomic E-state index is 11.6. The minimum absolute atomic E-state index is 0.0802. The van der Waals surface area contributed by atoms with Crippen LogP contribution >= 0.6 is 0 Å². The fourth-order valence-electron chi connectivity index (χ4n) is 1.39. The number of aliphatic hydroxyl groups excluding tert-OH is 1. The monoisotopic (exact) mass is 257 g/mol. The minimum atomic E-state index is -3.24. The third-order valence-corrected chi connectivity index (χ3v) is 3.77. The third-order valence-electron chi connectivity index (χ3n) is 2.39. The molecular formula is C12H19NO3S. The van der Waals surface area contributed by atoms with Crippen molar-refractivity contribution in [3.8, 4) is 0 Å². The summed E-state index contributed by atoms with van der Waals surface area (Å²) in [6, 6.07) is 9.50. The minimum Gasteiger partial charge on any atom is -0.393 e. The molecule has 0 radical (unpaired) electrons. The van der Waals surface area contributed by atoms with Crippen molar-refractivity contribution in [2.75, 3.05) is 12.3 Å². The van der Waals surface area contributed by atoms with Gasteiger partial charge in [-0.1, -0.05) is 30.3 Å². The highest BCUT2D eigenvalue weighted by atomic mass is 32.2.